The molecule has 0 radical (unpaired) electrons. The van der Waals surface area contributed by atoms with E-state index in [-0.39, 0.29) is 18.1 Å². The van der Waals surface area contributed by atoms with E-state index in [1.807, 2.05) is 6.07 Å². The lowest BCUT2D eigenvalue weighted by Crippen LogP contribution is -2.42. The standard InChI is InChI=1S/C17H24N2O3/c20-17(18-8-12-1-2-12)15-7-14-3-5-19(10-16(14)22-15)9-13-4-6-21-11-13/h4,6,11-12,14-16H,1-3,5,7-10H2,(H,18,20)/t14-,15+,16-/m0/s1. The maximum atomic E-state index is 12.2. The fourth-order valence-electron chi connectivity index (χ4n) is 3.63. The van der Waals surface area contributed by atoms with Gasteiger partial charge in [-0.1, -0.05) is 0 Å². The largest absolute Gasteiger partial charge is 0.472 e. The molecular formula is C17H24N2O3. The van der Waals surface area contributed by atoms with Gasteiger partial charge in [0.15, 0.2) is 0 Å². The Morgan fingerprint density at radius 1 is 1.36 bits per heavy atom. The Bertz CT molecular complexity index is 512. The average Bonchev–Trinajstić information content (AvgIpc) is 3.03. The van der Waals surface area contributed by atoms with E-state index < -0.39 is 0 Å². The fraction of sp³-hybridized carbons (Fsp3) is 0.706. The highest BCUT2D eigenvalue weighted by Gasteiger charge is 2.41. The van der Waals surface area contributed by atoms with Crippen LogP contribution >= 0.6 is 0 Å². The summed E-state index contributed by atoms with van der Waals surface area (Å²) in [4.78, 5) is 14.6. The Morgan fingerprint density at radius 3 is 3.05 bits per heavy atom. The second-order valence-corrected chi connectivity index (χ2v) is 7.00. The summed E-state index contributed by atoms with van der Waals surface area (Å²) in [6.45, 7) is 3.73. The zero-order valence-electron chi connectivity index (χ0n) is 12.9. The Morgan fingerprint density at radius 2 is 2.27 bits per heavy atom. The zero-order valence-corrected chi connectivity index (χ0v) is 12.9. The van der Waals surface area contributed by atoms with E-state index in [1.54, 1.807) is 12.5 Å². The van der Waals surface area contributed by atoms with E-state index in [4.69, 9.17) is 9.15 Å². The fourth-order valence-corrected chi connectivity index (χ4v) is 3.63. The molecule has 1 aliphatic carbocycles. The quantitative estimate of drug-likeness (QED) is 0.901. The number of furan rings is 1. The third kappa shape index (κ3) is 3.20. The average molecular weight is 304 g/mol. The second kappa shape index (κ2) is 6.05. The van der Waals surface area contributed by atoms with E-state index in [0.29, 0.717) is 5.92 Å². The van der Waals surface area contributed by atoms with Crippen LogP contribution in [0.25, 0.3) is 0 Å². The summed E-state index contributed by atoms with van der Waals surface area (Å²) in [6, 6.07) is 2.01. The summed E-state index contributed by atoms with van der Waals surface area (Å²) < 4.78 is 11.2. The van der Waals surface area contributed by atoms with Gasteiger partial charge in [0.05, 0.1) is 18.6 Å². The highest BCUT2D eigenvalue weighted by molar-refractivity contribution is 5.81. The first-order valence-corrected chi connectivity index (χ1v) is 8.44. The number of amides is 1. The summed E-state index contributed by atoms with van der Waals surface area (Å²) in [5.41, 5.74) is 1.20. The van der Waals surface area contributed by atoms with Crippen molar-refractivity contribution in [2.24, 2.45) is 11.8 Å². The molecule has 5 heteroatoms. The summed E-state index contributed by atoms with van der Waals surface area (Å²) >= 11 is 0. The second-order valence-electron chi connectivity index (χ2n) is 7.00. The molecule has 0 unspecified atom stereocenters. The van der Waals surface area contributed by atoms with Crippen molar-refractivity contribution in [3.8, 4) is 0 Å². The van der Waals surface area contributed by atoms with Crippen LogP contribution in [-0.4, -0.2) is 42.6 Å². The molecule has 1 aromatic heterocycles. The summed E-state index contributed by atoms with van der Waals surface area (Å²) in [5, 5.41) is 3.05. The molecule has 1 aromatic rings. The number of piperidine rings is 1. The van der Waals surface area contributed by atoms with Crippen molar-refractivity contribution in [1.82, 2.24) is 10.2 Å². The zero-order chi connectivity index (χ0) is 14.9. The van der Waals surface area contributed by atoms with Gasteiger partial charge in [-0.3, -0.25) is 9.69 Å². The van der Waals surface area contributed by atoms with Crippen molar-refractivity contribution in [2.45, 2.75) is 44.4 Å². The van der Waals surface area contributed by atoms with E-state index >= 15 is 0 Å². The van der Waals surface area contributed by atoms with Gasteiger partial charge in [0.1, 0.15) is 6.10 Å². The normalized spacial score (nSPS) is 31.9. The first-order chi connectivity index (χ1) is 10.8. The van der Waals surface area contributed by atoms with Crippen molar-refractivity contribution < 1.29 is 13.9 Å². The van der Waals surface area contributed by atoms with Crippen molar-refractivity contribution >= 4 is 5.91 Å². The van der Waals surface area contributed by atoms with E-state index in [9.17, 15) is 4.79 Å². The minimum Gasteiger partial charge on any atom is -0.472 e. The Balaban J connectivity index is 1.28. The van der Waals surface area contributed by atoms with Gasteiger partial charge in [-0.05, 0) is 50.1 Å². The van der Waals surface area contributed by atoms with Crippen molar-refractivity contribution in [3.63, 3.8) is 0 Å². The molecular weight excluding hydrogens is 280 g/mol. The van der Waals surface area contributed by atoms with Gasteiger partial charge in [-0.15, -0.1) is 0 Å². The monoisotopic (exact) mass is 304 g/mol. The molecule has 1 saturated carbocycles. The van der Waals surface area contributed by atoms with Crippen LogP contribution in [0.1, 0.15) is 31.2 Å². The van der Waals surface area contributed by atoms with Crippen molar-refractivity contribution in [2.75, 3.05) is 19.6 Å². The topological polar surface area (TPSA) is 54.7 Å². The Labute approximate surface area is 131 Å². The summed E-state index contributed by atoms with van der Waals surface area (Å²) in [5.74, 6) is 1.36. The predicted octanol–water partition coefficient (Wildman–Crippen LogP) is 1.79. The van der Waals surface area contributed by atoms with Gasteiger partial charge in [0.25, 0.3) is 0 Å². The van der Waals surface area contributed by atoms with Gasteiger partial charge in [-0.2, -0.15) is 0 Å². The first-order valence-electron chi connectivity index (χ1n) is 8.44. The third-order valence-electron chi connectivity index (χ3n) is 5.18. The lowest BCUT2D eigenvalue weighted by Gasteiger charge is -2.33. The minimum absolute atomic E-state index is 0.0997. The molecule has 3 heterocycles. The lowest BCUT2D eigenvalue weighted by atomic mass is 9.91. The van der Waals surface area contributed by atoms with Gasteiger partial charge in [0.2, 0.25) is 5.91 Å². The van der Waals surface area contributed by atoms with Crippen LogP contribution in [0.4, 0.5) is 0 Å². The number of nitrogens with one attached hydrogen (secondary N) is 1. The van der Waals surface area contributed by atoms with Crippen LogP contribution < -0.4 is 5.32 Å². The third-order valence-corrected chi connectivity index (χ3v) is 5.18. The van der Waals surface area contributed by atoms with Gasteiger partial charge in [-0.25, -0.2) is 0 Å². The highest BCUT2D eigenvalue weighted by atomic mass is 16.5. The molecule has 2 aliphatic heterocycles. The molecule has 0 spiro atoms. The van der Waals surface area contributed by atoms with Crippen LogP contribution in [0, 0.1) is 11.8 Å². The number of hydrogen-bond acceptors (Lipinski definition) is 4. The molecule has 2 saturated heterocycles. The first kappa shape index (κ1) is 14.3. The molecule has 0 bridgehead atoms. The van der Waals surface area contributed by atoms with Crippen molar-refractivity contribution in [3.05, 3.63) is 24.2 Å². The van der Waals surface area contributed by atoms with E-state index in [1.165, 1.54) is 18.4 Å². The molecule has 1 amide bonds. The van der Waals surface area contributed by atoms with Crippen LogP contribution in [-0.2, 0) is 16.1 Å². The van der Waals surface area contributed by atoms with E-state index in [2.05, 4.69) is 10.2 Å². The minimum atomic E-state index is -0.234. The van der Waals surface area contributed by atoms with Crippen LogP contribution in [0.2, 0.25) is 0 Å². The maximum Gasteiger partial charge on any atom is 0.249 e. The Kier molecular flexibility index (Phi) is 3.92. The molecule has 120 valence electrons. The Hall–Kier alpha value is -1.33. The van der Waals surface area contributed by atoms with Crippen LogP contribution in [0.15, 0.2) is 23.0 Å². The molecule has 22 heavy (non-hydrogen) atoms. The number of carbonyl (C=O) groups excluding carboxylic acids is 1. The predicted molar refractivity (Wildman–Crippen MR) is 81.1 cm³/mol. The smallest absolute Gasteiger partial charge is 0.249 e. The highest BCUT2D eigenvalue weighted by Crippen LogP contribution is 2.34. The number of hydrogen-bond donors (Lipinski definition) is 1. The number of nitrogens with zero attached hydrogens (tertiary/aromatic N) is 1. The molecule has 3 fully saturated rings. The molecule has 0 aromatic carbocycles. The number of fused-ring (bicyclic) bond motifs is 1. The molecule has 3 aliphatic rings. The summed E-state index contributed by atoms with van der Waals surface area (Å²) in [6.07, 6.45) is 8.03. The molecule has 1 N–H and O–H groups in total. The van der Waals surface area contributed by atoms with Gasteiger partial charge in [0, 0.05) is 25.2 Å². The van der Waals surface area contributed by atoms with E-state index in [0.717, 1.165) is 44.9 Å². The number of rotatable bonds is 5. The lowest BCUT2D eigenvalue weighted by molar-refractivity contribution is -0.132. The summed E-state index contributed by atoms with van der Waals surface area (Å²) in [7, 11) is 0. The van der Waals surface area contributed by atoms with Crippen molar-refractivity contribution in [1.29, 1.82) is 0 Å². The number of carbonyl (C=O) groups is 1. The molecule has 4 rings (SSSR count). The van der Waals surface area contributed by atoms with Crippen LogP contribution in [0.3, 0.4) is 0 Å². The molecule has 5 nitrogen and oxygen atoms in total. The maximum absolute atomic E-state index is 12.2. The van der Waals surface area contributed by atoms with Gasteiger partial charge < -0.3 is 14.5 Å². The molecule has 3 atom stereocenters. The van der Waals surface area contributed by atoms with Crippen LogP contribution in [0.5, 0.6) is 0 Å². The SMILES string of the molecule is O=C(NCC1CC1)[C@H]1C[C@@H]2CCN(Cc3ccoc3)C[C@@H]2O1. The number of likely N-dealkylation sites (tertiary alicyclic amines) is 1. The van der Waals surface area contributed by atoms with Gasteiger partial charge >= 0.3 is 0 Å². The number of ether oxygens (including phenoxy) is 1.